The molecule has 0 saturated carbocycles. The predicted molar refractivity (Wildman–Crippen MR) is 69.0 cm³/mol. The van der Waals surface area contributed by atoms with Gasteiger partial charge in [-0.05, 0) is 6.92 Å². The average Bonchev–Trinajstić information content (AvgIpc) is 2.24. The molecule has 4 nitrogen and oxygen atoms in total. The van der Waals surface area contributed by atoms with Crippen LogP contribution in [0.2, 0.25) is 0 Å². The molecule has 1 fully saturated rings. The molecule has 1 amide bonds. The minimum atomic E-state index is -0.0777. The van der Waals surface area contributed by atoms with Crippen LogP contribution in [0.5, 0.6) is 0 Å². The van der Waals surface area contributed by atoms with Crippen molar-refractivity contribution >= 4 is 17.7 Å². The van der Waals surface area contributed by atoms with E-state index in [1.807, 2.05) is 18.7 Å². The Labute approximate surface area is 102 Å². The lowest BCUT2D eigenvalue weighted by Gasteiger charge is -2.40. The molecular weight excluding hydrogens is 222 g/mol. The Hall–Kier alpha value is -0.260. The van der Waals surface area contributed by atoms with Crippen LogP contribution in [0.25, 0.3) is 0 Å². The maximum Gasteiger partial charge on any atom is 0.238 e. The Morgan fingerprint density at radius 2 is 1.88 bits per heavy atom. The number of nitrogens with one attached hydrogen (secondary N) is 1. The molecule has 0 aromatic carbocycles. The highest BCUT2D eigenvalue weighted by Crippen LogP contribution is 2.27. The number of carbonyl (C=O) groups excluding carboxylic acids is 1. The summed E-state index contributed by atoms with van der Waals surface area (Å²) in [6, 6.07) is 0.245. The van der Waals surface area contributed by atoms with Gasteiger partial charge in [0.05, 0.1) is 5.92 Å². The molecule has 4 atom stereocenters. The van der Waals surface area contributed by atoms with Gasteiger partial charge in [-0.15, -0.1) is 0 Å². The first kappa shape index (κ1) is 13.8. The van der Waals surface area contributed by atoms with E-state index in [0.717, 1.165) is 13.1 Å². The molecule has 94 valence electrons. The van der Waals surface area contributed by atoms with Gasteiger partial charge < -0.3 is 0 Å². The first-order valence-corrected chi connectivity index (χ1v) is 6.80. The number of carbonyl (C=O) groups is 1. The van der Waals surface area contributed by atoms with Gasteiger partial charge >= 0.3 is 0 Å². The molecular formula is C11H23N3OS. The lowest BCUT2D eigenvalue weighted by atomic mass is 10.0. The molecule has 0 aromatic rings. The molecule has 1 heterocycles. The second kappa shape index (κ2) is 5.89. The first-order valence-electron chi connectivity index (χ1n) is 5.85. The van der Waals surface area contributed by atoms with E-state index >= 15 is 0 Å². The van der Waals surface area contributed by atoms with Crippen molar-refractivity contribution < 1.29 is 4.79 Å². The number of thioether (sulfide) groups is 1. The number of hydrogen-bond acceptors (Lipinski definition) is 4. The maximum absolute atomic E-state index is 11.5. The van der Waals surface area contributed by atoms with Crippen LogP contribution < -0.4 is 11.3 Å². The molecule has 1 rings (SSSR count). The van der Waals surface area contributed by atoms with Gasteiger partial charge in [-0.1, -0.05) is 20.8 Å². The van der Waals surface area contributed by atoms with Crippen LogP contribution in [0.4, 0.5) is 0 Å². The van der Waals surface area contributed by atoms with Crippen molar-refractivity contribution in [2.45, 2.75) is 44.2 Å². The second-order valence-electron chi connectivity index (χ2n) is 4.75. The molecule has 0 bridgehead atoms. The molecule has 16 heavy (non-hydrogen) atoms. The van der Waals surface area contributed by atoms with Crippen LogP contribution in [0.15, 0.2) is 0 Å². The number of hydrogen-bond donors (Lipinski definition) is 2. The number of amides is 1. The summed E-state index contributed by atoms with van der Waals surface area (Å²) < 4.78 is 0. The van der Waals surface area contributed by atoms with Gasteiger partial charge in [0, 0.05) is 29.6 Å². The lowest BCUT2D eigenvalue weighted by molar-refractivity contribution is -0.126. The monoisotopic (exact) mass is 245 g/mol. The van der Waals surface area contributed by atoms with Crippen molar-refractivity contribution in [3.63, 3.8) is 0 Å². The van der Waals surface area contributed by atoms with Crippen molar-refractivity contribution in [1.29, 1.82) is 0 Å². The topological polar surface area (TPSA) is 58.4 Å². The SMILES string of the molecule is CC1CN(C(C)C(C)C(=O)NN)CC(C)S1. The van der Waals surface area contributed by atoms with Crippen LogP contribution >= 0.6 is 11.8 Å². The number of rotatable bonds is 3. The van der Waals surface area contributed by atoms with Crippen molar-refractivity contribution in [1.82, 2.24) is 10.3 Å². The Bertz CT molecular complexity index is 239. The van der Waals surface area contributed by atoms with Crippen molar-refractivity contribution in [3.8, 4) is 0 Å². The molecule has 1 aliphatic heterocycles. The Morgan fingerprint density at radius 3 is 2.31 bits per heavy atom. The second-order valence-corrected chi connectivity index (χ2v) is 6.63. The zero-order valence-electron chi connectivity index (χ0n) is 10.6. The van der Waals surface area contributed by atoms with Gasteiger partial charge in [0.15, 0.2) is 0 Å². The fourth-order valence-electron chi connectivity index (χ4n) is 2.22. The van der Waals surface area contributed by atoms with E-state index in [9.17, 15) is 4.79 Å². The van der Waals surface area contributed by atoms with Crippen molar-refractivity contribution in [2.75, 3.05) is 13.1 Å². The molecule has 1 aliphatic rings. The summed E-state index contributed by atoms with van der Waals surface area (Å²) >= 11 is 2.02. The van der Waals surface area contributed by atoms with Gasteiger partial charge in [-0.3, -0.25) is 15.1 Å². The molecule has 3 N–H and O–H groups in total. The standard InChI is InChI=1S/C11H23N3OS/c1-7-5-14(6-8(2)16-7)10(4)9(3)11(15)13-12/h7-10H,5-6,12H2,1-4H3,(H,13,15). The minimum Gasteiger partial charge on any atom is -0.298 e. The number of nitrogens with two attached hydrogens (primary N) is 1. The fourth-order valence-corrected chi connectivity index (χ4v) is 3.57. The molecule has 0 spiro atoms. The zero-order chi connectivity index (χ0) is 12.3. The highest BCUT2D eigenvalue weighted by molar-refractivity contribution is 8.00. The van der Waals surface area contributed by atoms with E-state index in [4.69, 9.17) is 5.84 Å². The molecule has 4 unspecified atom stereocenters. The molecule has 0 radical (unpaired) electrons. The Balaban J connectivity index is 2.58. The van der Waals surface area contributed by atoms with Crippen molar-refractivity contribution in [3.05, 3.63) is 0 Å². The van der Waals surface area contributed by atoms with Crippen LogP contribution in [-0.2, 0) is 4.79 Å². The third-order valence-corrected chi connectivity index (χ3v) is 4.53. The summed E-state index contributed by atoms with van der Waals surface area (Å²) in [7, 11) is 0. The Morgan fingerprint density at radius 1 is 1.38 bits per heavy atom. The quantitative estimate of drug-likeness (QED) is 0.439. The van der Waals surface area contributed by atoms with Gasteiger partial charge in [-0.25, -0.2) is 5.84 Å². The summed E-state index contributed by atoms with van der Waals surface area (Å²) in [6.07, 6.45) is 0. The van der Waals surface area contributed by atoms with Crippen LogP contribution in [0.3, 0.4) is 0 Å². The van der Waals surface area contributed by atoms with Gasteiger partial charge in [0.2, 0.25) is 5.91 Å². The smallest absolute Gasteiger partial charge is 0.238 e. The molecule has 1 saturated heterocycles. The van der Waals surface area contributed by atoms with Gasteiger partial charge in [0.1, 0.15) is 0 Å². The number of nitrogens with zero attached hydrogens (tertiary/aromatic N) is 1. The number of hydrazine groups is 1. The lowest BCUT2D eigenvalue weighted by Crippen LogP contribution is -2.51. The van der Waals surface area contributed by atoms with Crippen LogP contribution in [0, 0.1) is 5.92 Å². The van der Waals surface area contributed by atoms with Crippen LogP contribution in [0.1, 0.15) is 27.7 Å². The summed E-state index contributed by atoms with van der Waals surface area (Å²) in [6.45, 7) is 10.6. The van der Waals surface area contributed by atoms with E-state index in [1.165, 1.54) is 0 Å². The van der Waals surface area contributed by atoms with E-state index in [1.54, 1.807) is 0 Å². The zero-order valence-corrected chi connectivity index (χ0v) is 11.4. The summed E-state index contributed by atoms with van der Waals surface area (Å²) in [4.78, 5) is 13.9. The van der Waals surface area contributed by atoms with E-state index in [2.05, 4.69) is 31.1 Å². The van der Waals surface area contributed by atoms with Crippen LogP contribution in [-0.4, -0.2) is 40.4 Å². The normalized spacial score (nSPS) is 30.8. The molecule has 0 aromatic heterocycles. The fraction of sp³-hybridized carbons (Fsp3) is 0.909. The predicted octanol–water partition coefficient (Wildman–Crippen LogP) is 0.827. The highest BCUT2D eigenvalue weighted by atomic mass is 32.2. The van der Waals surface area contributed by atoms with E-state index in [0.29, 0.717) is 10.5 Å². The molecule has 5 heteroatoms. The first-order chi connectivity index (χ1) is 7.45. The minimum absolute atomic E-state index is 0.0625. The van der Waals surface area contributed by atoms with E-state index in [-0.39, 0.29) is 17.9 Å². The average molecular weight is 245 g/mol. The maximum atomic E-state index is 11.5. The largest absolute Gasteiger partial charge is 0.298 e. The summed E-state index contributed by atoms with van der Waals surface area (Å²) in [5.41, 5.74) is 2.24. The van der Waals surface area contributed by atoms with E-state index < -0.39 is 0 Å². The summed E-state index contributed by atoms with van der Waals surface area (Å²) in [5, 5.41) is 1.28. The third kappa shape index (κ3) is 3.37. The highest BCUT2D eigenvalue weighted by Gasteiger charge is 2.30. The Kier molecular flexibility index (Phi) is 5.08. The van der Waals surface area contributed by atoms with Gasteiger partial charge in [-0.2, -0.15) is 11.8 Å². The third-order valence-electron chi connectivity index (χ3n) is 3.30. The van der Waals surface area contributed by atoms with Gasteiger partial charge in [0.25, 0.3) is 0 Å². The molecule has 0 aliphatic carbocycles. The summed E-state index contributed by atoms with van der Waals surface area (Å²) in [5.74, 6) is 5.03. The van der Waals surface area contributed by atoms with Crippen molar-refractivity contribution in [2.24, 2.45) is 11.8 Å².